The normalized spacial score (nSPS) is 11.3. The quantitative estimate of drug-likeness (QED) is 0.439. The second-order valence-corrected chi connectivity index (χ2v) is 6.22. The van der Waals surface area contributed by atoms with Gasteiger partial charge in [0.25, 0.3) is 5.91 Å². The Kier molecular flexibility index (Phi) is 6.49. The van der Waals surface area contributed by atoms with Crippen molar-refractivity contribution in [3.05, 3.63) is 88.5 Å². The minimum Gasteiger partial charge on any atom is -0.497 e. The number of nitrogens with zero attached hydrogens (tertiary/aromatic N) is 1. The van der Waals surface area contributed by atoms with Crippen LogP contribution in [0.4, 0.5) is 11.4 Å². The van der Waals surface area contributed by atoms with Crippen LogP contribution >= 0.6 is 0 Å². The molecule has 0 aliphatic heterocycles. The monoisotopic (exact) mass is 408 g/mol. The standard InChI is InChI=1S/C22H20N2O6/c1-28-17-10-6-9-16(13-17)23-22(25)21(15-7-4-3-5-8-15)30-20-12-11-18(29-2)14-19(20)24(26)27/h3-14,21H,1-2H3,(H,23,25)/t21-/m1/s1. The maximum atomic E-state index is 13.0. The van der Waals surface area contributed by atoms with Gasteiger partial charge in [0.2, 0.25) is 6.10 Å². The Hall–Kier alpha value is -4.07. The van der Waals surface area contributed by atoms with Gasteiger partial charge < -0.3 is 19.5 Å². The number of hydrogen-bond acceptors (Lipinski definition) is 6. The third-order valence-electron chi connectivity index (χ3n) is 4.29. The SMILES string of the molecule is COc1cccc(NC(=O)[C@H](Oc2ccc(OC)cc2[N+](=O)[O-])c2ccccc2)c1. The van der Waals surface area contributed by atoms with Crippen LogP contribution in [0.5, 0.6) is 17.2 Å². The molecule has 0 aliphatic rings. The lowest BCUT2D eigenvalue weighted by Crippen LogP contribution is -2.26. The first-order valence-corrected chi connectivity index (χ1v) is 9.00. The Balaban J connectivity index is 1.94. The van der Waals surface area contributed by atoms with Crippen LogP contribution in [0.1, 0.15) is 11.7 Å². The number of methoxy groups -OCH3 is 2. The van der Waals surface area contributed by atoms with Crippen molar-refractivity contribution >= 4 is 17.3 Å². The van der Waals surface area contributed by atoms with E-state index in [-0.39, 0.29) is 11.4 Å². The fourth-order valence-corrected chi connectivity index (χ4v) is 2.80. The van der Waals surface area contributed by atoms with Crippen LogP contribution in [-0.4, -0.2) is 25.1 Å². The van der Waals surface area contributed by atoms with Gasteiger partial charge in [-0.05, 0) is 24.3 Å². The van der Waals surface area contributed by atoms with Crippen molar-refractivity contribution in [2.24, 2.45) is 0 Å². The summed E-state index contributed by atoms with van der Waals surface area (Å²) in [7, 11) is 2.94. The molecular formula is C22H20N2O6. The van der Waals surface area contributed by atoms with E-state index in [1.807, 2.05) is 0 Å². The lowest BCUT2D eigenvalue weighted by Gasteiger charge is -2.19. The van der Waals surface area contributed by atoms with E-state index in [1.54, 1.807) is 54.6 Å². The summed E-state index contributed by atoms with van der Waals surface area (Å²) in [5, 5.41) is 14.3. The van der Waals surface area contributed by atoms with Crippen LogP contribution in [0.3, 0.4) is 0 Å². The molecule has 3 aromatic carbocycles. The summed E-state index contributed by atoms with van der Waals surface area (Å²) in [5.41, 5.74) is 0.751. The van der Waals surface area contributed by atoms with Gasteiger partial charge in [-0.15, -0.1) is 0 Å². The molecule has 3 aromatic rings. The van der Waals surface area contributed by atoms with Crippen molar-refractivity contribution < 1.29 is 23.9 Å². The molecular weight excluding hydrogens is 388 g/mol. The molecule has 0 saturated carbocycles. The number of nitro benzene ring substituents is 1. The topological polar surface area (TPSA) is 99.9 Å². The van der Waals surface area contributed by atoms with E-state index in [9.17, 15) is 14.9 Å². The molecule has 0 aliphatic carbocycles. The second kappa shape index (κ2) is 9.42. The third kappa shape index (κ3) is 4.85. The molecule has 154 valence electrons. The van der Waals surface area contributed by atoms with Crippen LogP contribution < -0.4 is 19.5 Å². The number of ether oxygens (including phenoxy) is 3. The summed E-state index contributed by atoms with van der Waals surface area (Å²) in [6.45, 7) is 0. The molecule has 8 nitrogen and oxygen atoms in total. The van der Waals surface area contributed by atoms with E-state index in [2.05, 4.69) is 5.32 Å². The first-order chi connectivity index (χ1) is 14.5. The maximum absolute atomic E-state index is 13.0. The highest BCUT2D eigenvalue weighted by Crippen LogP contribution is 2.34. The minimum atomic E-state index is -1.12. The Morgan fingerprint density at radius 2 is 1.63 bits per heavy atom. The Bertz CT molecular complexity index is 1040. The second-order valence-electron chi connectivity index (χ2n) is 6.22. The van der Waals surface area contributed by atoms with Gasteiger partial charge in [-0.25, -0.2) is 0 Å². The van der Waals surface area contributed by atoms with Crippen molar-refractivity contribution in [3.8, 4) is 17.2 Å². The highest BCUT2D eigenvalue weighted by molar-refractivity contribution is 5.95. The van der Waals surface area contributed by atoms with Crippen LogP contribution in [0.25, 0.3) is 0 Å². The number of carbonyl (C=O) groups is 1. The van der Waals surface area contributed by atoms with Gasteiger partial charge in [-0.3, -0.25) is 14.9 Å². The molecule has 1 N–H and O–H groups in total. The summed E-state index contributed by atoms with van der Waals surface area (Å²) in [6.07, 6.45) is -1.12. The summed E-state index contributed by atoms with van der Waals surface area (Å²) in [4.78, 5) is 24.0. The van der Waals surface area contributed by atoms with Crippen molar-refractivity contribution in [3.63, 3.8) is 0 Å². The number of anilines is 1. The lowest BCUT2D eigenvalue weighted by atomic mass is 10.1. The van der Waals surface area contributed by atoms with Crippen molar-refractivity contribution in [2.45, 2.75) is 6.10 Å². The molecule has 0 fully saturated rings. The molecule has 1 atom stereocenters. The summed E-state index contributed by atoms with van der Waals surface area (Å²) >= 11 is 0. The van der Waals surface area contributed by atoms with Gasteiger partial charge in [-0.2, -0.15) is 0 Å². The molecule has 0 aromatic heterocycles. The van der Waals surface area contributed by atoms with Gasteiger partial charge in [0, 0.05) is 17.3 Å². The predicted molar refractivity (Wildman–Crippen MR) is 111 cm³/mol. The maximum Gasteiger partial charge on any atom is 0.314 e. The first kappa shape index (κ1) is 20.7. The molecule has 0 heterocycles. The predicted octanol–water partition coefficient (Wildman–Crippen LogP) is 4.37. The van der Waals surface area contributed by atoms with E-state index in [4.69, 9.17) is 14.2 Å². The zero-order valence-corrected chi connectivity index (χ0v) is 16.4. The Morgan fingerprint density at radius 3 is 2.30 bits per heavy atom. The average Bonchev–Trinajstić information content (AvgIpc) is 2.78. The van der Waals surface area contributed by atoms with Gasteiger partial charge in [0.15, 0.2) is 5.75 Å². The largest absolute Gasteiger partial charge is 0.497 e. The van der Waals surface area contributed by atoms with Crippen LogP contribution in [0, 0.1) is 10.1 Å². The third-order valence-corrected chi connectivity index (χ3v) is 4.29. The van der Waals surface area contributed by atoms with Crippen molar-refractivity contribution in [2.75, 3.05) is 19.5 Å². The molecule has 0 radical (unpaired) electrons. The van der Waals surface area contributed by atoms with E-state index in [0.29, 0.717) is 22.7 Å². The molecule has 0 unspecified atom stereocenters. The van der Waals surface area contributed by atoms with E-state index < -0.39 is 16.9 Å². The number of rotatable bonds is 8. The number of nitrogens with one attached hydrogen (secondary N) is 1. The van der Waals surface area contributed by atoms with Gasteiger partial charge in [0.1, 0.15) is 11.5 Å². The average molecular weight is 408 g/mol. The summed E-state index contributed by atoms with van der Waals surface area (Å²) in [6, 6.07) is 19.8. The molecule has 0 saturated heterocycles. The van der Waals surface area contributed by atoms with E-state index in [1.165, 1.54) is 32.4 Å². The summed E-state index contributed by atoms with van der Waals surface area (Å²) in [5.74, 6) is 0.358. The van der Waals surface area contributed by atoms with E-state index in [0.717, 1.165) is 0 Å². The number of carbonyl (C=O) groups excluding carboxylic acids is 1. The highest BCUT2D eigenvalue weighted by Gasteiger charge is 2.27. The molecule has 1 amide bonds. The zero-order chi connectivity index (χ0) is 21.5. The van der Waals surface area contributed by atoms with Crippen LogP contribution in [0.2, 0.25) is 0 Å². The Labute approximate surface area is 173 Å². The Morgan fingerprint density at radius 1 is 0.933 bits per heavy atom. The van der Waals surface area contributed by atoms with Crippen LogP contribution in [-0.2, 0) is 4.79 Å². The highest BCUT2D eigenvalue weighted by atomic mass is 16.6. The van der Waals surface area contributed by atoms with Gasteiger partial charge in [0.05, 0.1) is 25.2 Å². The summed E-state index contributed by atoms with van der Waals surface area (Å²) < 4.78 is 16.1. The fraction of sp³-hybridized carbons (Fsp3) is 0.136. The molecule has 0 bridgehead atoms. The number of amides is 1. The first-order valence-electron chi connectivity index (χ1n) is 9.00. The fourth-order valence-electron chi connectivity index (χ4n) is 2.80. The number of benzene rings is 3. The minimum absolute atomic E-state index is 0.0459. The van der Waals surface area contributed by atoms with E-state index >= 15 is 0 Å². The molecule has 0 spiro atoms. The van der Waals surface area contributed by atoms with Gasteiger partial charge in [-0.1, -0.05) is 36.4 Å². The van der Waals surface area contributed by atoms with Gasteiger partial charge >= 0.3 is 5.69 Å². The molecule has 8 heteroatoms. The molecule has 3 rings (SSSR count). The molecule has 30 heavy (non-hydrogen) atoms. The van der Waals surface area contributed by atoms with Crippen molar-refractivity contribution in [1.29, 1.82) is 0 Å². The number of hydrogen-bond donors (Lipinski definition) is 1. The smallest absolute Gasteiger partial charge is 0.314 e. The van der Waals surface area contributed by atoms with Crippen LogP contribution in [0.15, 0.2) is 72.8 Å². The lowest BCUT2D eigenvalue weighted by molar-refractivity contribution is -0.386. The van der Waals surface area contributed by atoms with Crippen molar-refractivity contribution in [1.82, 2.24) is 0 Å². The zero-order valence-electron chi connectivity index (χ0n) is 16.4. The number of nitro groups is 1.